The zero-order valence-corrected chi connectivity index (χ0v) is 14.0. The van der Waals surface area contributed by atoms with Crippen LogP contribution in [0.5, 0.6) is 0 Å². The largest absolute Gasteiger partial charge is 0.351 e. The minimum absolute atomic E-state index is 0.000161. The quantitative estimate of drug-likeness (QED) is 0.574. The molecule has 0 fully saturated rings. The number of nitrogens with one attached hydrogen (secondary N) is 2. The third kappa shape index (κ3) is 5.15. The fourth-order valence-electron chi connectivity index (χ4n) is 2.15. The number of hydrogen-bond acceptors (Lipinski definition) is 5. The first-order chi connectivity index (χ1) is 11.6. The monoisotopic (exact) mass is 326 g/mol. The molecule has 2 aromatic rings. The number of hydrogen-bond donors (Lipinski definition) is 2. The van der Waals surface area contributed by atoms with Gasteiger partial charge in [0.1, 0.15) is 0 Å². The van der Waals surface area contributed by atoms with Crippen LogP contribution in [-0.2, 0) is 0 Å². The predicted octanol–water partition coefficient (Wildman–Crippen LogP) is 3.34. The lowest BCUT2D eigenvalue weighted by atomic mass is 10.1. The number of nitrogens with zero attached hydrogens (tertiary/aromatic N) is 2. The Morgan fingerprint density at radius 2 is 1.92 bits per heavy atom. The number of rotatable bonds is 8. The summed E-state index contributed by atoms with van der Waals surface area (Å²) in [6.45, 7) is 4.28. The fourth-order valence-corrected chi connectivity index (χ4v) is 2.15. The topological polar surface area (TPSA) is 84.0 Å². The summed E-state index contributed by atoms with van der Waals surface area (Å²) in [6, 6.07) is 10.4. The first-order valence-corrected chi connectivity index (χ1v) is 8.10. The summed E-state index contributed by atoms with van der Waals surface area (Å²) in [5, 5.41) is 13.8. The standard InChI is InChI=1S/C18H22N4O2/c1-3-4-5-11-19-18(24)16-9-10-17(22-21-16)20-15-8-6-7-14(12-15)13(2)23/h6-10,12H,3-5,11H2,1-2H3,(H,19,24)(H,20,22). The molecule has 1 heterocycles. The van der Waals surface area contributed by atoms with Crippen LogP contribution in [-0.4, -0.2) is 28.4 Å². The van der Waals surface area contributed by atoms with Gasteiger partial charge in [-0.05, 0) is 37.6 Å². The van der Waals surface area contributed by atoms with E-state index >= 15 is 0 Å². The summed E-state index contributed by atoms with van der Waals surface area (Å²) in [7, 11) is 0. The Kier molecular flexibility index (Phi) is 6.42. The van der Waals surface area contributed by atoms with E-state index in [0.29, 0.717) is 17.9 Å². The second-order valence-corrected chi connectivity index (χ2v) is 5.53. The first-order valence-electron chi connectivity index (χ1n) is 8.10. The highest BCUT2D eigenvalue weighted by Gasteiger charge is 2.08. The van der Waals surface area contributed by atoms with Crippen LogP contribution in [0.3, 0.4) is 0 Å². The molecule has 0 spiro atoms. The van der Waals surface area contributed by atoms with Gasteiger partial charge in [-0.1, -0.05) is 31.9 Å². The zero-order chi connectivity index (χ0) is 17.4. The molecule has 6 heteroatoms. The van der Waals surface area contributed by atoms with Crippen LogP contribution in [0.25, 0.3) is 0 Å². The molecule has 0 saturated heterocycles. The highest BCUT2D eigenvalue weighted by Crippen LogP contribution is 2.16. The van der Waals surface area contributed by atoms with Gasteiger partial charge < -0.3 is 10.6 Å². The fraction of sp³-hybridized carbons (Fsp3) is 0.333. The first kappa shape index (κ1) is 17.6. The van der Waals surface area contributed by atoms with Gasteiger partial charge in [0.2, 0.25) is 0 Å². The molecule has 0 radical (unpaired) electrons. The Balaban J connectivity index is 1.95. The van der Waals surface area contributed by atoms with Gasteiger partial charge >= 0.3 is 0 Å². The molecule has 0 unspecified atom stereocenters. The molecule has 0 aliphatic rings. The van der Waals surface area contributed by atoms with Crippen LogP contribution in [0.2, 0.25) is 0 Å². The van der Waals surface area contributed by atoms with E-state index in [1.54, 1.807) is 30.3 Å². The predicted molar refractivity (Wildman–Crippen MR) is 93.6 cm³/mol. The molecule has 1 aromatic heterocycles. The van der Waals surface area contributed by atoms with E-state index in [1.165, 1.54) is 6.92 Å². The lowest BCUT2D eigenvalue weighted by Gasteiger charge is -2.07. The zero-order valence-electron chi connectivity index (χ0n) is 14.0. The van der Waals surface area contributed by atoms with Crippen molar-refractivity contribution in [1.82, 2.24) is 15.5 Å². The highest BCUT2D eigenvalue weighted by atomic mass is 16.2. The van der Waals surface area contributed by atoms with Crippen LogP contribution in [0.4, 0.5) is 11.5 Å². The molecular weight excluding hydrogens is 304 g/mol. The molecule has 0 bridgehead atoms. The SMILES string of the molecule is CCCCCNC(=O)c1ccc(Nc2cccc(C(C)=O)c2)nn1. The van der Waals surface area contributed by atoms with Gasteiger partial charge in [-0.2, -0.15) is 0 Å². The molecule has 1 aromatic carbocycles. The van der Waals surface area contributed by atoms with Crippen molar-refractivity contribution in [2.45, 2.75) is 33.1 Å². The smallest absolute Gasteiger partial charge is 0.271 e. The number of amides is 1. The van der Waals surface area contributed by atoms with Gasteiger partial charge in [-0.25, -0.2) is 0 Å². The number of unbranched alkanes of at least 4 members (excludes halogenated alkanes) is 2. The van der Waals surface area contributed by atoms with E-state index in [-0.39, 0.29) is 17.4 Å². The van der Waals surface area contributed by atoms with Crippen LogP contribution in [0, 0.1) is 0 Å². The van der Waals surface area contributed by atoms with Gasteiger partial charge in [0, 0.05) is 17.8 Å². The number of ketones is 1. The summed E-state index contributed by atoms with van der Waals surface area (Å²) in [6.07, 6.45) is 3.16. The molecular formula is C18H22N4O2. The molecule has 24 heavy (non-hydrogen) atoms. The number of carbonyl (C=O) groups excluding carboxylic acids is 2. The number of carbonyl (C=O) groups is 2. The minimum atomic E-state index is -0.219. The number of Topliss-reactive ketones (excluding diaryl/α,β-unsaturated/α-hetero) is 1. The third-order valence-electron chi connectivity index (χ3n) is 3.50. The van der Waals surface area contributed by atoms with Crippen LogP contribution in [0.1, 0.15) is 54.0 Å². The second kappa shape index (κ2) is 8.76. The van der Waals surface area contributed by atoms with E-state index in [2.05, 4.69) is 27.8 Å². The molecule has 0 atom stereocenters. The van der Waals surface area contributed by atoms with Crippen molar-refractivity contribution in [2.24, 2.45) is 0 Å². The maximum atomic E-state index is 11.9. The summed E-state index contributed by atoms with van der Waals surface area (Å²) >= 11 is 0. The maximum absolute atomic E-state index is 11.9. The average Bonchev–Trinajstić information content (AvgIpc) is 2.59. The lowest BCUT2D eigenvalue weighted by molar-refractivity contribution is 0.0946. The van der Waals surface area contributed by atoms with Crippen molar-refractivity contribution in [1.29, 1.82) is 0 Å². The van der Waals surface area contributed by atoms with E-state index in [9.17, 15) is 9.59 Å². The molecule has 0 aliphatic heterocycles. The number of benzene rings is 1. The third-order valence-corrected chi connectivity index (χ3v) is 3.50. The Morgan fingerprint density at radius 1 is 1.08 bits per heavy atom. The summed E-state index contributed by atoms with van der Waals surface area (Å²) in [4.78, 5) is 23.3. The van der Waals surface area contributed by atoms with E-state index < -0.39 is 0 Å². The molecule has 6 nitrogen and oxygen atoms in total. The van der Waals surface area contributed by atoms with Crippen LogP contribution >= 0.6 is 0 Å². The highest BCUT2D eigenvalue weighted by molar-refractivity contribution is 5.95. The molecule has 2 N–H and O–H groups in total. The maximum Gasteiger partial charge on any atom is 0.271 e. The Bertz CT molecular complexity index is 698. The second-order valence-electron chi connectivity index (χ2n) is 5.53. The Morgan fingerprint density at radius 3 is 2.58 bits per heavy atom. The molecule has 2 rings (SSSR count). The Labute approximate surface area is 141 Å². The summed E-state index contributed by atoms with van der Waals surface area (Å²) in [5.74, 6) is 0.293. The number of aromatic nitrogens is 2. The molecule has 1 amide bonds. The van der Waals surface area contributed by atoms with Crippen molar-refractivity contribution < 1.29 is 9.59 Å². The van der Waals surface area contributed by atoms with E-state index in [4.69, 9.17) is 0 Å². The van der Waals surface area contributed by atoms with Crippen molar-refractivity contribution >= 4 is 23.2 Å². The summed E-state index contributed by atoms with van der Waals surface area (Å²) < 4.78 is 0. The van der Waals surface area contributed by atoms with E-state index in [0.717, 1.165) is 24.9 Å². The van der Waals surface area contributed by atoms with E-state index in [1.807, 2.05) is 6.07 Å². The van der Waals surface area contributed by atoms with Crippen molar-refractivity contribution in [3.63, 3.8) is 0 Å². The van der Waals surface area contributed by atoms with Crippen LogP contribution < -0.4 is 10.6 Å². The molecule has 0 aliphatic carbocycles. The summed E-state index contributed by atoms with van der Waals surface area (Å²) in [5.41, 5.74) is 1.65. The van der Waals surface area contributed by atoms with Gasteiger partial charge in [0.25, 0.3) is 5.91 Å². The number of anilines is 2. The normalized spacial score (nSPS) is 10.2. The van der Waals surface area contributed by atoms with Crippen molar-refractivity contribution in [3.8, 4) is 0 Å². The van der Waals surface area contributed by atoms with Gasteiger partial charge in [0.05, 0.1) is 0 Å². The van der Waals surface area contributed by atoms with Crippen LogP contribution in [0.15, 0.2) is 36.4 Å². The molecule has 0 saturated carbocycles. The van der Waals surface area contributed by atoms with Gasteiger partial charge in [0.15, 0.2) is 17.3 Å². The average molecular weight is 326 g/mol. The molecule has 126 valence electrons. The lowest BCUT2D eigenvalue weighted by Crippen LogP contribution is -2.25. The van der Waals surface area contributed by atoms with Gasteiger partial charge in [-0.3, -0.25) is 9.59 Å². The Hall–Kier alpha value is -2.76. The van der Waals surface area contributed by atoms with Gasteiger partial charge in [-0.15, -0.1) is 10.2 Å². The van der Waals surface area contributed by atoms with Crippen molar-refractivity contribution in [2.75, 3.05) is 11.9 Å². The minimum Gasteiger partial charge on any atom is -0.351 e. The van der Waals surface area contributed by atoms with Crippen molar-refractivity contribution in [3.05, 3.63) is 47.7 Å².